The van der Waals surface area contributed by atoms with Crippen LogP contribution in [0, 0.1) is 0 Å². The van der Waals surface area contributed by atoms with Crippen molar-refractivity contribution in [3.8, 4) is 17.2 Å². The summed E-state index contributed by atoms with van der Waals surface area (Å²) < 4.78 is 44.6. The van der Waals surface area contributed by atoms with E-state index in [0.717, 1.165) is 5.56 Å². The summed E-state index contributed by atoms with van der Waals surface area (Å²) >= 11 is 0. The third-order valence-corrected chi connectivity index (χ3v) is 6.76. The molecule has 30 heavy (non-hydrogen) atoms. The fourth-order valence-electron chi connectivity index (χ4n) is 3.22. The van der Waals surface area contributed by atoms with Gasteiger partial charge in [-0.05, 0) is 61.0 Å². The fourth-order valence-corrected chi connectivity index (χ4v) is 4.85. The lowest BCUT2D eigenvalue weighted by Crippen LogP contribution is -2.33. The highest BCUT2D eigenvalue weighted by molar-refractivity contribution is 7.92. The zero-order valence-electron chi connectivity index (χ0n) is 17.4. The molecular weight excluding hydrogens is 402 g/mol. The molecule has 7 heteroatoms. The summed E-state index contributed by atoms with van der Waals surface area (Å²) in [6.07, 6.45) is 0. The standard InChI is InChI=1S/C23H25NO5S/c1-17(18-7-5-9-21(15-18)28-3)24(19-8-6-10-22(16-19)29-4)30(25,26)23-13-11-20(27-2)12-14-23/h5-17H,1-4H3. The first-order valence-corrected chi connectivity index (χ1v) is 10.8. The van der Waals surface area contributed by atoms with Gasteiger partial charge in [0.1, 0.15) is 17.2 Å². The number of anilines is 1. The molecule has 0 aliphatic rings. The number of hydrogen-bond acceptors (Lipinski definition) is 5. The minimum Gasteiger partial charge on any atom is -0.497 e. The molecule has 0 aromatic heterocycles. The van der Waals surface area contributed by atoms with Crippen LogP contribution in [0.15, 0.2) is 77.7 Å². The van der Waals surface area contributed by atoms with Crippen LogP contribution < -0.4 is 18.5 Å². The van der Waals surface area contributed by atoms with Gasteiger partial charge < -0.3 is 14.2 Å². The van der Waals surface area contributed by atoms with Crippen LogP contribution in [0.25, 0.3) is 0 Å². The van der Waals surface area contributed by atoms with Gasteiger partial charge in [-0.2, -0.15) is 0 Å². The molecule has 3 aromatic carbocycles. The van der Waals surface area contributed by atoms with E-state index in [2.05, 4.69) is 0 Å². The van der Waals surface area contributed by atoms with E-state index in [4.69, 9.17) is 14.2 Å². The largest absolute Gasteiger partial charge is 0.497 e. The highest BCUT2D eigenvalue weighted by Gasteiger charge is 2.31. The SMILES string of the molecule is COc1ccc(S(=O)(=O)N(c2cccc(OC)c2)C(C)c2cccc(OC)c2)cc1. The van der Waals surface area contributed by atoms with Gasteiger partial charge >= 0.3 is 0 Å². The molecule has 3 rings (SSSR count). The Balaban J connectivity index is 2.15. The summed E-state index contributed by atoms with van der Waals surface area (Å²) in [6, 6.07) is 20.2. The number of benzene rings is 3. The maximum absolute atomic E-state index is 13.7. The molecule has 0 N–H and O–H groups in total. The number of ether oxygens (including phenoxy) is 3. The smallest absolute Gasteiger partial charge is 0.264 e. The van der Waals surface area contributed by atoms with Crippen LogP contribution in [-0.2, 0) is 10.0 Å². The minimum atomic E-state index is -3.89. The van der Waals surface area contributed by atoms with Gasteiger partial charge in [-0.1, -0.05) is 18.2 Å². The summed E-state index contributed by atoms with van der Waals surface area (Å²) in [5.74, 6) is 1.81. The highest BCUT2D eigenvalue weighted by Crippen LogP contribution is 2.36. The summed E-state index contributed by atoms with van der Waals surface area (Å²) in [5.41, 5.74) is 1.30. The second kappa shape index (κ2) is 9.09. The zero-order chi connectivity index (χ0) is 21.7. The van der Waals surface area contributed by atoms with E-state index in [1.807, 2.05) is 31.2 Å². The summed E-state index contributed by atoms with van der Waals surface area (Å²) in [5, 5.41) is 0. The Morgan fingerprint density at radius 3 is 1.90 bits per heavy atom. The molecule has 0 aliphatic heterocycles. The van der Waals surface area contributed by atoms with Crippen molar-refractivity contribution in [2.45, 2.75) is 17.9 Å². The lowest BCUT2D eigenvalue weighted by Gasteiger charge is -2.31. The van der Waals surface area contributed by atoms with Gasteiger partial charge in [0.2, 0.25) is 0 Å². The second-order valence-electron chi connectivity index (χ2n) is 6.63. The van der Waals surface area contributed by atoms with E-state index in [0.29, 0.717) is 22.9 Å². The van der Waals surface area contributed by atoms with Crippen molar-refractivity contribution in [2.75, 3.05) is 25.6 Å². The maximum atomic E-state index is 13.7. The van der Waals surface area contributed by atoms with Gasteiger partial charge in [0.15, 0.2) is 0 Å². The number of rotatable bonds is 8. The summed E-state index contributed by atoms with van der Waals surface area (Å²) in [6.45, 7) is 1.84. The molecule has 1 unspecified atom stereocenters. The highest BCUT2D eigenvalue weighted by atomic mass is 32.2. The summed E-state index contributed by atoms with van der Waals surface area (Å²) in [4.78, 5) is 0.167. The first-order valence-electron chi connectivity index (χ1n) is 9.37. The Labute approximate surface area is 177 Å². The molecule has 0 amide bonds. The van der Waals surface area contributed by atoms with Crippen LogP contribution in [0.2, 0.25) is 0 Å². The van der Waals surface area contributed by atoms with Gasteiger partial charge in [-0.15, -0.1) is 0 Å². The van der Waals surface area contributed by atoms with Crippen LogP contribution in [0.5, 0.6) is 17.2 Å². The molecule has 0 radical (unpaired) electrons. The second-order valence-corrected chi connectivity index (χ2v) is 8.45. The lowest BCUT2D eigenvalue weighted by atomic mass is 10.1. The lowest BCUT2D eigenvalue weighted by molar-refractivity contribution is 0.413. The predicted molar refractivity (Wildman–Crippen MR) is 117 cm³/mol. The Morgan fingerprint density at radius 1 is 0.733 bits per heavy atom. The van der Waals surface area contributed by atoms with Crippen molar-refractivity contribution >= 4 is 15.7 Å². The molecule has 0 fully saturated rings. The van der Waals surface area contributed by atoms with Gasteiger partial charge in [0, 0.05) is 6.07 Å². The third-order valence-electron chi connectivity index (χ3n) is 4.85. The Hall–Kier alpha value is -3.19. The molecule has 3 aromatic rings. The van der Waals surface area contributed by atoms with Gasteiger partial charge in [-0.25, -0.2) is 8.42 Å². The van der Waals surface area contributed by atoms with Crippen molar-refractivity contribution in [3.05, 3.63) is 78.4 Å². The first kappa shape index (κ1) is 21.5. The molecule has 158 valence electrons. The molecule has 0 saturated carbocycles. The quantitative estimate of drug-likeness (QED) is 0.523. The van der Waals surface area contributed by atoms with Crippen LogP contribution >= 0.6 is 0 Å². The average Bonchev–Trinajstić information content (AvgIpc) is 2.79. The number of methoxy groups -OCH3 is 3. The Kier molecular flexibility index (Phi) is 6.52. The van der Waals surface area contributed by atoms with Crippen LogP contribution in [-0.4, -0.2) is 29.7 Å². The number of nitrogens with zero attached hydrogens (tertiary/aromatic N) is 1. The molecular formula is C23H25NO5S. The predicted octanol–water partition coefficient (Wildman–Crippen LogP) is 4.67. The van der Waals surface area contributed by atoms with Gasteiger partial charge in [0.25, 0.3) is 10.0 Å². The topological polar surface area (TPSA) is 65.1 Å². The monoisotopic (exact) mass is 427 g/mol. The van der Waals surface area contributed by atoms with E-state index in [-0.39, 0.29) is 4.90 Å². The fraction of sp³-hybridized carbons (Fsp3) is 0.217. The van der Waals surface area contributed by atoms with E-state index >= 15 is 0 Å². The van der Waals surface area contributed by atoms with E-state index in [9.17, 15) is 8.42 Å². The normalized spacial score (nSPS) is 12.1. The maximum Gasteiger partial charge on any atom is 0.264 e. The molecule has 0 aliphatic carbocycles. The molecule has 0 heterocycles. The first-order chi connectivity index (χ1) is 14.4. The molecule has 0 bridgehead atoms. The van der Waals surface area contributed by atoms with Gasteiger partial charge in [0.05, 0.1) is 38.0 Å². The van der Waals surface area contributed by atoms with Crippen LogP contribution in [0.4, 0.5) is 5.69 Å². The van der Waals surface area contributed by atoms with Crippen molar-refractivity contribution in [2.24, 2.45) is 0 Å². The molecule has 0 saturated heterocycles. The van der Waals surface area contributed by atoms with Gasteiger partial charge in [-0.3, -0.25) is 4.31 Å². The van der Waals surface area contributed by atoms with E-state index in [1.165, 1.54) is 11.4 Å². The third kappa shape index (κ3) is 4.36. The van der Waals surface area contributed by atoms with Crippen molar-refractivity contribution < 1.29 is 22.6 Å². The average molecular weight is 428 g/mol. The molecule has 1 atom stereocenters. The minimum absolute atomic E-state index is 0.167. The van der Waals surface area contributed by atoms with Crippen molar-refractivity contribution in [1.29, 1.82) is 0 Å². The number of hydrogen-bond donors (Lipinski definition) is 0. The van der Waals surface area contributed by atoms with Crippen LogP contribution in [0.1, 0.15) is 18.5 Å². The zero-order valence-corrected chi connectivity index (χ0v) is 18.2. The Morgan fingerprint density at radius 2 is 1.30 bits per heavy atom. The van der Waals surface area contributed by atoms with Crippen molar-refractivity contribution in [1.82, 2.24) is 0 Å². The van der Waals surface area contributed by atoms with Crippen LogP contribution in [0.3, 0.4) is 0 Å². The number of sulfonamides is 1. The summed E-state index contributed by atoms with van der Waals surface area (Å²) in [7, 11) is 0.779. The van der Waals surface area contributed by atoms with Crippen molar-refractivity contribution in [3.63, 3.8) is 0 Å². The Bertz CT molecular complexity index is 1100. The molecule has 0 spiro atoms. The van der Waals surface area contributed by atoms with E-state index < -0.39 is 16.1 Å². The molecule has 6 nitrogen and oxygen atoms in total. The van der Waals surface area contributed by atoms with E-state index in [1.54, 1.807) is 62.8 Å².